The minimum absolute atomic E-state index is 0.119. The number of amides is 1. The van der Waals surface area contributed by atoms with Crippen LogP contribution in [0.4, 0.5) is 0 Å². The van der Waals surface area contributed by atoms with Crippen molar-refractivity contribution in [3.05, 3.63) is 0 Å². The van der Waals surface area contributed by atoms with E-state index in [0.717, 1.165) is 0 Å². The first-order valence-electron chi connectivity index (χ1n) is 2.79. The third-order valence-corrected chi connectivity index (χ3v) is 2.25. The molecule has 0 unspecified atom stereocenters. The number of hydrogen-bond donors (Lipinski definition) is 2. The van der Waals surface area contributed by atoms with Crippen molar-refractivity contribution in [2.24, 2.45) is 5.73 Å². The van der Waals surface area contributed by atoms with Crippen molar-refractivity contribution in [1.82, 2.24) is 0 Å². The summed E-state index contributed by atoms with van der Waals surface area (Å²) in [6.07, 6.45) is -0.119. The highest BCUT2D eigenvalue weighted by molar-refractivity contribution is 7.74. The van der Waals surface area contributed by atoms with E-state index in [1.54, 1.807) is 0 Å². The average Bonchev–Trinajstić information content (AvgIpc) is 1.60. The van der Waals surface area contributed by atoms with Crippen molar-refractivity contribution in [2.45, 2.75) is 25.0 Å². The summed E-state index contributed by atoms with van der Waals surface area (Å²) in [7, 11) is -2.58. The van der Waals surface area contributed by atoms with E-state index < -0.39 is 21.4 Å². The van der Waals surface area contributed by atoms with Gasteiger partial charge < -0.3 is 5.73 Å². The van der Waals surface area contributed by atoms with E-state index in [2.05, 4.69) is 0 Å². The Morgan fingerprint density at radius 2 is 1.90 bits per heavy atom. The number of hydrogen-bond acceptors (Lipinski definition) is 3. The van der Waals surface area contributed by atoms with Crippen LogP contribution >= 0.6 is 0 Å². The molecule has 0 aromatic rings. The molecule has 0 fully saturated rings. The molecule has 5 heteroatoms. The summed E-state index contributed by atoms with van der Waals surface area (Å²) < 4.78 is 19.8. The second-order valence-corrected chi connectivity index (χ2v) is 4.44. The number of nitrogens with two attached hydrogens (primary N) is 1. The van der Waals surface area contributed by atoms with Gasteiger partial charge in [-0.3, -0.25) is 4.79 Å². The average molecular weight is 165 g/mol. The monoisotopic (exact) mass is 165 g/mol. The smallest absolute Gasteiger partial charge is 0.218 e. The van der Waals surface area contributed by atoms with Crippen LogP contribution in [-0.4, -0.2) is 19.1 Å². The minimum atomic E-state index is -2.58. The van der Waals surface area contributed by atoms with E-state index in [1.165, 1.54) is 13.8 Å². The molecule has 4 nitrogen and oxygen atoms in total. The van der Waals surface area contributed by atoms with E-state index in [0.29, 0.717) is 0 Å². The highest BCUT2D eigenvalue weighted by atomic mass is 32.2. The van der Waals surface area contributed by atoms with Gasteiger partial charge in [0, 0.05) is 6.42 Å². The van der Waals surface area contributed by atoms with Crippen molar-refractivity contribution in [1.29, 1.82) is 0 Å². The maximum Gasteiger partial charge on any atom is 0.218 e. The van der Waals surface area contributed by atoms with Crippen LogP contribution in [0.5, 0.6) is 0 Å². The van der Waals surface area contributed by atoms with E-state index >= 15 is 0 Å². The molecule has 10 heavy (non-hydrogen) atoms. The Hall–Kier alpha value is -0.580. The maximum atomic E-state index is 10.4. The van der Waals surface area contributed by atoms with E-state index in [9.17, 15) is 13.2 Å². The van der Waals surface area contributed by atoms with Gasteiger partial charge in [-0.05, 0) is 13.8 Å². The molecule has 0 aliphatic heterocycles. The number of rotatable bonds is 3. The lowest BCUT2D eigenvalue weighted by molar-refractivity contribution is -0.118. The zero-order valence-electron chi connectivity index (χ0n) is 5.96. The van der Waals surface area contributed by atoms with Gasteiger partial charge in [0.1, 0.15) is 10.7 Å². The number of carbonyl (C=O) groups is 1. The first-order valence-corrected chi connectivity index (χ1v) is 3.97. The summed E-state index contributed by atoms with van der Waals surface area (Å²) >= 11 is 0. The second kappa shape index (κ2) is 3.01. The highest BCUT2D eigenvalue weighted by Gasteiger charge is 2.23. The molecule has 0 saturated heterocycles. The van der Waals surface area contributed by atoms with Crippen molar-refractivity contribution >= 4 is 16.6 Å². The highest BCUT2D eigenvalue weighted by Crippen LogP contribution is 2.11. The lowest BCUT2D eigenvalue weighted by atomic mass is 10.1. The van der Waals surface area contributed by atoms with Crippen LogP contribution in [0.3, 0.4) is 0 Å². The van der Waals surface area contributed by atoms with Gasteiger partial charge in [0.25, 0.3) is 0 Å². The summed E-state index contributed by atoms with van der Waals surface area (Å²) in [5, 5.41) is 0. The fourth-order valence-corrected chi connectivity index (χ4v) is 0.776. The predicted molar refractivity (Wildman–Crippen MR) is 38.2 cm³/mol. The van der Waals surface area contributed by atoms with Gasteiger partial charge in [0.2, 0.25) is 5.91 Å². The van der Waals surface area contributed by atoms with Gasteiger partial charge >= 0.3 is 0 Å². The zero-order chi connectivity index (χ0) is 8.36. The number of primary amides is 1. The second-order valence-electron chi connectivity index (χ2n) is 2.71. The lowest BCUT2D eigenvalue weighted by Gasteiger charge is -2.12. The molecule has 0 spiro atoms. The third-order valence-electron chi connectivity index (χ3n) is 1.10. The molecule has 0 radical (unpaired) electrons. The van der Waals surface area contributed by atoms with E-state index in [4.69, 9.17) is 5.73 Å². The summed E-state index contributed by atoms with van der Waals surface area (Å²) in [4.78, 5) is 10.3. The van der Waals surface area contributed by atoms with Crippen molar-refractivity contribution in [2.75, 3.05) is 0 Å². The first kappa shape index (κ1) is 9.42. The third kappa shape index (κ3) is 2.82. The van der Waals surface area contributed by atoms with Crippen molar-refractivity contribution < 1.29 is 13.2 Å². The van der Waals surface area contributed by atoms with Crippen molar-refractivity contribution in [3.8, 4) is 0 Å². The first-order chi connectivity index (χ1) is 4.36. The van der Waals surface area contributed by atoms with Crippen LogP contribution in [-0.2, 0) is 15.5 Å². The molecule has 0 heterocycles. The zero-order valence-corrected chi connectivity index (χ0v) is 6.85. The molecule has 60 valence electrons. The van der Waals surface area contributed by atoms with Crippen LogP contribution in [0.2, 0.25) is 0 Å². The van der Waals surface area contributed by atoms with E-state index in [1.807, 2.05) is 0 Å². The lowest BCUT2D eigenvalue weighted by Crippen LogP contribution is -2.29. The van der Waals surface area contributed by atoms with Crippen LogP contribution in [0.1, 0.15) is 20.3 Å². The Bertz CT molecular complexity index is 199. The number of thiol groups is 1. The van der Waals surface area contributed by atoms with Gasteiger partial charge in [-0.15, -0.1) is 0 Å². The molecule has 0 rings (SSSR count). The van der Waals surface area contributed by atoms with Gasteiger partial charge in [-0.2, -0.15) is 0 Å². The molecule has 0 aliphatic rings. The van der Waals surface area contributed by atoms with Gasteiger partial charge in [0.15, 0.2) is 0 Å². The van der Waals surface area contributed by atoms with E-state index in [-0.39, 0.29) is 6.42 Å². The molecule has 0 bridgehead atoms. The molecule has 0 aromatic carbocycles. The Kier molecular flexibility index (Phi) is 2.83. The Morgan fingerprint density at radius 1 is 1.50 bits per heavy atom. The standard InChI is InChI=1S/C5H11NO3S/c1-5(2,10(8)9)3-4(6)7/h10H,3H2,1-2H3,(H2,6,7). The van der Waals surface area contributed by atoms with Crippen LogP contribution < -0.4 is 5.73 Å². The largest absolute Gasteiger partial charge is 0.370 e. The molecule has 1 amide bonds. The molecule has 2 N–H and O–H groups in total. The maximum absolute atomic E-state index is 10.4. The quantitative estimate of drug-likeness (QED) is 0.540. The molecular weight excluding hydrogens is 154 g/mol. The summed E-state index contributed by atoms with van der Waals surface area (Å²) in [5.74, 6) is -0.593. The fourth-order valence-electron chi connectivity index (χ4n) is 0.491. The Labute approximate surface area is 61.4 Å². The summed E-state index contributed by atoms with van der Waals surface area (Å²) in [5.41, 5.74) is 4.81. The van der Waals surface area contributed by atoms with Crippen LogP contribution in [0.15, 0.2) is 0 Å². The topological polar surface area (TPSA) is 77.2 Å². The number of carbonyl (C=O) groups excluding carboxylic acids is 1. The van der Waals surface area contributed by atoms with Gasteiger partial charge in [-0.1, -0.05) is 0 Å². The molecule has 0 saturated carbocycles. The molecule has 0 aliphatic carbocycles. The van der Waals surface area contributed by atoms with Gasteiger partial charge in [0.05, 0.1) is 4.75 Å². The Balaban J connectivity index is 4.27. The molecule has 0 atom stereocenters. The minimum Gasteiger partial charge on any atom is -0.370 e. The normalized spacial score (nSPS) is 11.9. The fraction of sp³-hybridized carbons (Fsp3) is 0.800. The SMILES string of the molecule is CC(C)(CC(N)=O)[SH](=O)=O. The molecule has 0 aromatic heterocycles. The molecular formula is C5H11NO3S. The Morgan fingerprint density at radius 3 is 2.00 bits per heavy atom. The van der Waals surface area contributed by atoms with Crippen LogP contribution in [0.25, 0.3) is 0 Å². The summed E-state index contributed by atoms with van der Waals surface area (Å²) in [6.45, 7) is 2.92. The van der Waals surface area contributed by atoms with Crippen LogP contribution in [0, 0.1) is 0 Å². The summed E-state index contributed by atoms with van der Waals surface area (Å²) in [6, 6.07) is 0. The van der Waals surface area contributed by atoms with Gasteiger partial charge in [-0.25, -0.2) is 8.42 Å². The predicted octanol–water partition coefficient (Wildman–Crippen LogP) is -0.748. The van der Waals surface area contributed by atoms with Crippen molar-refractivity contribution in [3.63, 3.8) is 0 Å².